The number of anilines is 1. The average molecular weight is 288 g/mol. The van der Waals surface area contributed by atoms with Gasteiger partial charge in [-0.05, 0) is 32.0 Å². The van der Waals surface area contributed by atoms with Gasteiger partial charge in [-0.15, -0.1) is 0 Å². The van der Waals surface area contributed by atoms with E-state index in [1.807, 2.05) is 13.0 Å². The van der Waals surface area contributed by atoms with Crippen LogP contribution in [0.1, 0.15) is 24.2 Å². The SMILES string of the molecule is Cc1ccn(C(C)C(=O)Nc2cccc(C(N)=S)c2)n1. The van der Waals surface area contributed by atoms with Crippen molar-refractivity contribution in [3.05, 3.63) is 47.8 Å². The zero-order chi connectivity index (χ0) is 14.7. The van der Waals surface area contributed by atoms with Crippen molar-refractivity contribution in [2.75, 3.05) is 5.32 Å². The Bertz CT molecular complexity index is 650. The number of hydrogen-bond acceptors (Lipinski definition) is 3. The highest BCUT2D eigenvalue weighted by atomic mass is 32.1. The normalized spacial score (nSPS) is 11.9. The number of carbonyl (C=O) groups excluding carboxylic acids is 1. The summed E-state index contributed by atoms with van der Waals surface area (Å²) in [5, 5.41) is 7.06. The standard InChI is InChI=1S/C14H16N4OS/c1-9-6-7-18(17-9)10(2)14(19)16-12-5-3-4-11(8-12)13(15)20/h3-8,10H,1-2H3,(H2,15,20)(H,16,19). The van der Waals surface area contributed by atoms with Crippen molar-refractivity contribution in [1.82, 2.24) is 9.78 Å². The molecule has 1 amide bonds. The third-order valence-electron chi connectivity index (χ3n) is 2.93. The molecule has 1 atom stereocenters. The molecule has 104 valence electrons. The van der Waals surface area contributed by atoms with Crippen LogP contribution in [-0.2, 0) is 4.79 Å². The van der Waals surface area contributed by atoms with Gasteiger partial charge >= 0.3 is 0 Å². The van der Waals surface area contributed by atoms with Gasteiger partial charge in [0.2, 0.25) is 5.91 Å². The summed E-state index contributed by atoms with van der Waals surface area (Å²) in [6, 6.07) is 8.61. The summed E-state index contributed by atoms with van der Waals surface area (Å²) in [5.41, 5.74) is 7.83. The fourth-order valence-corrected chi connectivity index (χ4v) is 1.89. The van der Waals surface area contributed by atoms with Crippen LogP contribution in [-0.4, -0.2) is 20.7 Å². The molecular formula is C14H16N4OS. The van der Waals surface area contributed by atoms with Crippen molar-refractivity contribution in [3.8, 4) is 0 Å². The lowest BCUT2D eigenvalue weighted by Crippen LogP contribution is -2.24. The van der Waals surface area contributed by atoms with Crippen molar-refractivity contribution in [1.29, 1.82) is 0 Å². The maximum atomic E-state index is 12.2. The lowest BCUT2D eigenvalue weighted by atomic mass is 10.2. The minimum Gasteiger partial charge on any atom is -0.389 e. The van der Waals surface area contributed by atoms with Gasteiger partial charge < -0.3 is 11.1 Å². The number of rotatable bonds is 4. The first kappa shape index (κ1) is 14.2. The van der Waals surface area contributed by atoms with Crippen LogP contribution in [0.3, 0.4) is 0 Å². The highest BCUT2D eigenvalue weighted by Gasteiger charge is 2.15. The molecule has 0 aliphatic heterocycles. The molecular weight excluding hydrogens is 272 g/mol. The highest BCUT2D eigenvalue weighted by Crippen LogP contribution is 2.14. The number of nitrogens with two attached hydrogens (primary N) is 1. The molecule has 3 N–H and O–H groups in total. The Hall–Kier alpha value is -2.21. The monoisotopic (exact) mass is 288 g/mol. The molecule has 2 aromatic rings. The van der Waals surface area contributed by atoms with E-state index in [0.29, 0.717) is 10.7 Å². The number of aromatic nitrogens is 2. The zero-order valence-electron chi connectivity index (χ0n) is 11.3. The van der Waals surface area contributed by atoms with E-state index < -0.39 is 6.04 Å². The number of benzene rings is 1. The molecule has 5 nitrogen and oxygen atoms in total. The molecule has 2 rings (SSSR count). The van der Waals surface area contributed by atoms with E-state index >= 15 is 0 Å². The Morgan fingerprint density at radius 3 is 2.80 bits per heavy atom. The van der Waals surface area contributed by atoms with Crippen LogP contribution >= 0.6 is 12.2 Å². The van der Waals surface area contributed by atoms with Crippen molar-refractivity contribution in [2.45, 2.75) is 19.9 Å². The molecule has 0 aliphatic rings. The summed E-state index contributed by atoms with van der Waals surface area (Å²) in [4.78, 5) is 12.5. The van der Waals surface area contributed by atoms with E-state index in [1.165, 1.54) is 0 Å². The quantitative estimate of drug-likeness (QED) is 0.844. The minimum atomic E-state index is -0.391. The maximum absolute atomic E-state index is 12.2. The molecule has 0 saturated heterocycles. The fourth-order valence-electron chi connectivity index (χ4n) is 1.77. The van der Waals surface area contributed by atoms with Crippen molar-refractivity contribution in [2.24, 2.45) is 5.73 Å². The number of hydrogen-bond donors (Lipinski definition) is 2. The van der Waals surface area contributed by atoms with Crippen LogP contribution in [0, 0.1) is 6.92 Å². The van der Waals surface area contributed by atoms with E-state index in [0.717, 1.165) is 11.3 Å². The van der Waals surface area contributed by atoms with E-state index in [4.69, 9.17) is 18.0 Å². The van der Waals surface area contributed by atoms with Gasteiger partial charge in [-0.1, -0.05) is 24.4 Å². The van der Waals surface area contributed by atoms with Gasteiger partial charge in [-0.3, -0.25) is 9.48 Å². The first-order valence-corrected chi connectivity index (χ1v) is 6.60. The fraction of sp³-hybridized carbons (Fsp3) is 0.214. The predicted octanol–water partition coefficient (Wildman–Crippen LogP) is 2.03. The van der Waals surface area contributed by atoms with Crippen LogP contribution in [0.15, 0.2) is 36.5 Å². The van der Waals surface area contributed by atoms with Gasteiger partial charge in [0.25, 0.3) is 0 Å². The second-order valence-corrected chi connectivity index (χ2v) is 4.99. The second-order valence-electron chi connectivity index (χ2n) is 4.55. The molecule has 20 heavy (non-hydrogen) atoms. The van der Waals surface area contributed by atoms with Crippen molar-refractivity contribution in [3.63, 3.8) is 0 Å². The summed E-state index contributed by atoms with van der Waals surface area (Å²) in [6.07, 6.45) is 1.78. The maximum Gasteiger partial charge on any atom is 0.248 e. The molecule has 0 saturated carbocycles. The van der Waals surface area contributed by atoms with E-state index in [2.05, 4.69) is 10.4 Å². The van der Waals surface area contributed by atoms with Gasteiger partial charge in [-0.2, -0.15) is 5.10 Å². The number of amides is 1. The topological polar surface area (TPSA) is 72.9 Å². The lowest BCUT2D eigenvalue weighted by Gasteiger charge is -2.13. The number of thiocarbonyl (C=S) groups is 1. The van der Waals surface area contributed by atoms with Crippen LogP contribution in [0.4, 0.5) is 5.69 Å². The van der Waals surface area contributed by atoms with E-state index in [9.17, 15) is 4.79 Å². The molecule has 1 aromatic carbocycles. The van der Waals surface area contributed by atoms with E-state index in [1.54, 1.807) is 42.1 Å². The average Bonchev–Trinajstić information content (AvgIpc) is 2.84. The smallest absolute Gasteiger partial charge is 0.248 e. The largest absolute Gasteiger partial charge is 0.389 e. The first-order valence-electron chi connectivity index (χ1n) is 6.20. The van der Waals surface area contributed by atoms with Crippen LogP contribution in [0.5, 0.6) is 0 Å². The van der Waals surface area contributed by atoms with Gasteiger partial charge in [0, 0.05) is 17.4 Å². The zero-order valence-corrected chi connectivity index (χ0v) is 12.1. The molecule has 1 heterocycles. The second kappa shape index (κ2) is 5.83. The molecule has 0 spiro atoms. The Balaban J connectivity index is 2.11. The number of nitrogens with zero attached hydrogens (tertiary/aromatic N) is 2. The Morgan fingerprint density at radius 2 is 2.20 bits per heavy atom. The lowest BCUT2D eigenvalue weighted by molar-refractivity contribution is -0.119. The van der Waals surface area contributed by atoms with Gasteiger partial charge in [0.15, 0.2) is 0 Å². The Labute approximate surface area is 122 Å². The first-order chi connectivity index (χ1) is 9.47. The molecule has 0 aliphatic carbocycles. The minimum absolute atomic E-state index is 0.145. The van der Waals surface area contributed by atoms with Crippen LogP contribution in [0.25, 0.3) is 0 Å². The van der Waals surface area contributed by atoms with Crippen molar-refractivity contribution < 1.29 is 4.79 Å². The molecule has 0 bridgehead atoms. The molecule has 1 unspecified atom stereocenters. The summed E-state index contributed by atoms with van der Waals surface area (Å²) >= 11 is 4.92. The third-order valence-corrected chi connectivity index (χ3v) is 3.17. The molecule has 0 radical (unpaired) electrons. The van der Waals surface area contributed by atoms with Crippen molar-refractivity contribution >= 4 is 28.8 Å². The van der Waals surface area contributed by atoms with E-state index in [-0.39, 0.29) is 5.91 Å². The third kappa shape index (κ3) is 3.21. The Morgan fingerprint density at radius 1 is 1.45 bits per heavy atom. The summed E-state index contributed by atoms with van der Waals surface area (Å²) < 4.78 is 1.63. The molecule has 0 fully saturated rings. The van der Waals surface area contributed by atoms with Gasteiger partial charge in [0.1, 0.15) is 11.0 Å². The number of nitrogens with one attached hydrogen (secondary N) is 1. The van der Waals surface area contributed by atoms with Gasteiger partial charge in [0.05, 0.1) is 5.69 Å². The summed E-state index contributed by atoms with van der Waals surface area (Å²) in [7, 11) is 0. The Kier molecular flexibility index (Phi) is 4.14. The van der Waals surface area contributed by atoms with Crippen LogP contribution in [0.2, 0.25) is 0 Å². The highest BCUT2D eigenvalue weighted by molar-refractivity contribution is 7.80. The summed E-state index contributed by atoms with van der Waals surface area (Å²) in [5.74, 6) is -0.145. The number of aryl methyl sites for hydroxylation is 1. The van der Waals surface area contributed by atoms with Gasteiger partial charge in [-0.25, -0.2) is 0 Å². The predicted molar refractivity (Wildman–Crippen MR) is 82.6 cm³/mol. The molecule has 1 aromatic heterocycles. The molecule has 6 heteroatoms. The summed E-state index contributed by atoms with van der Waals surface area (Å²) in [6.45, 7) is 3.67. The van der Waals surface area contributed by atoms with Crippen LogP contribution < -0.4 is 11.1 Å². The number of carbonyl (C=O) groups is 1.